The van der Waals surface area contributed by atoms with Gasteiger partial charge in [0.05, 0.1) is 6.61 Å². The lowest BCUT2D eigenvalue weighted by atomic mass is 9.86. The lowest BCUT2D eigenvalue weighted by Gasteiger charge is -2.29. The molecule has 1 unspecified atom stereocenters. The molecule has 1 aromatic rings. The molecule has 0 fully saturated rings. The molecule has 2 rings (SSSR count). The minimum Gasteiger partial charge on any atom is -0.491 e. The molecule has 1 aliphatic rings. The number of benzene rings is 1. The third-order valence-electron chi connectivity index (χ3n) is 3.44. The van der Waals surface area contributed by atoms with Gasteiger partial charge >= 0.3 is 0 Å². The maximum Gasteiger partial charge on any atom is 0.167 e. The molecule has 3 heteroatoms. The predicted molar refractivity (Wildman–Crippen MR) is 68.1 cm³/mol. The molecule has 1 N–H and O–H groups in total. The summed E-state index contributed by atoms with van der Waals surface area (Å²) in [4.78, 5) is 0. The van der Waals surface area contributed by atoms with Gasteiger partial charge in [-0.3, -0.25) is 0 Å². The van der Waals surface area contributed by atoms with Crippen LogP contribution in [0, 0.1) is 17.7 Å². The van der Waals surface area contributed by atoms with Crippen molar-refractivity contribution in [1.29, 1.82) is 0 Å². The molecular weight excluding hydrogens is 217 g/mol. The van der Waals surface area contributed by atoms with Crippen LogP contribution in [0.2, 0.25) is 0 Å². The fourth-order valence-corrected chi connectivity index (χ4v) is 2.26. The predicted octanol–water partition coefficient (Wildman–Crippen LogP) is 3.46. The summed E-state index contributed by atoms with van der Waals surface area (Å²) in [5.74, 6) is 1.34. The summed E-state index contributed by atoms with van der Waals surface area (Å²) in [6.45, 7) is 7.75. The molecule has 94 valence electrons. The van der Waals surface area contributed by atoms with Gasteiger partial charge in [0.15, 0.2) is 11.6 Å². The molecule has 0 aliphatic carbocycles. The van der Waals surface area contributed by atoms with Crippen LogP contribution in [0.4, 0.5) is 10.1 Å². The first-order valence-electron chi connectivity index (χ1n) is 6.31. The SMILES string of the molecule is CCOc1cc2c(cc1F)NCC(C(C)C)C2. The van der Waals surface area contributed by atoms with Crippen molar-refractivity contribution < 1.29 is 9.13 Å². The lowest BCUT2D eigenvalue weighted by molar-refractivity contribution is 0.320. The average molecular weight is 237 g/mol. The first-order valence-corrected chi connectivity index (χ1v) is 6.31. The van der Waals surface area contributed by atoms with Crippen LogP contribution in [0.3, 0.4) is 0 Å². The van der Waals surface area contributed by atoms with E-state index >= 15 is 0 Å². The Hall–Kier alpha value is -1.25. The Bertz CT molecular complexity index is 403. The van der Waals surface area contributed by atoms with E-state index in [0.717, 1.165) is 18.7 Å². The molecule has 0 spiro atoms. The van der Waals surface area contributed by atoms with E-state index in [0.29, 0.717) is 24.2 Å². The summed E-state index contributed by atoms with van der Waals surface area (Å²) in [6, 6.07) is 3.40. The smallest absolute Gasteiger partial charge is 0.167 e. The van der Waals surface area contributed by atoms with Crippen molar-refractivity contribution in [2.24, 2.45) is 11.8 Å². The van der Waals surface area contributed by atoms with Crippen LogP contribution in [-0.2, 0) is 6.42 Å². The monoisotopic (exact) mass is 237 g/mol. The third-order valence-corrected chi connectivity index (χ3v) is 3.44. The number of hydrogen-bond donors (Lipinski definition) is 1. The zero-order valence-corrected chi connectivity index (χ0v) is 10.7. The molecule has 17 heavy (non-hydrogen) atoms. The van der Waals surface area contributed by atoms with Gasteiger partial charge in [0, 0.05) is 18.3 Å². The van der Waals surface area contributed by atoms with Crippen molar-refractivity contribution in [3.8, 4) is 5.75 Å². The standard InChI is InChI=1S/C14H20FNO/c1-4-17-14-6-10-5-11(9(2)3)8-16-13(10)7-12(14)15/h6-7,9,11,16H,4-5,8H2,1-3H3. The van der Waals surface area contributed by atoms with Gasteiger partial charge in [-0.25, -0.2) is 4.39 Å². The second-order valence-electron chi connectivity index (χ2n) is 4.96. The van der Waals surface area contributed by atoms with Gasteiger partial charge < -0.3 is 10.1 Å². The second kappa shape index (κ2) is 4.94. The van der Waals surface area contributed by atoms with Crippen LogP contribution < -0.4 is 10.1 Å². The van der Waals surface area contributed by atoms with E-state index in [1.165, 1.54) is 5.56 Å². The summed E-state index contributed by atoms with van der Waals surface area (Å²) in [6.07, 6.45) is 1.00. The first-order chi connectivity index (χ1) is 8.11. The van der Waals surface area contributed by atoms with Gasteiger partial charge in [-0.2, -0.15) is 0 Å². The zero-order valence-electron chi connectivity index (χ0n) is 10.7. The van der Waals surface area contributed by atoms with E-state index in [4.69, 9.17) is 4.74 Å². The number of anilines is 1. The minimum absolute atomic E-state index is 0.277. The quantitative estimate of drug-likeness (QED) is 0.869. The highest BCUT2D eigenvalue weighted by molar-refractivity contribution is 5.56. The van der Waals surface area contributed by atoms with Crippen molar-refractivity contribution in [1.82, 2.24) is 0 Å². The summed E-state index contributed by atoms with van der Waals surface area (Å²) < 4.78 is 19.0. The largest absolute Gasteiger partial charge is 0.491 e. The van der Waals surface area contributed by atoms with Crippen molar-refractivity contribution in [3.05, 3.63) is 23.5 Å². The normalized spacial score (nSPS) is 18.8. The van der Waals surface area contributed by atoms with Crippen molar-refractivity contribution in [2.75, 3.05) is 18.5 Å². The van der Waals surface area contributed by atoms with Gasteiger partial charge in [0.1, 0.15) is 0 Å². The van der Waals surface area contributed by atoms with Gasteiger partial charge in [-0.15, -0.1) is 0 Å². The molecular formula is C14H20FNO. The molecule has 0 bridgehead atoms. The van der Waals surface area contributed by atoms with E-state index in [9.17, 15) is 4.39 Å². The van der Waals surface area contributed by atoms with Crippen LogP contribution in [0.25, 0.3) is 0 Å². The Morgan fingerprint density at radius 2 is 2.24 bits per heavy atom. The van der Waals surface area contributed by atoms with Crippen LogP contribution in [0.15, 0.2) is 12.1 Å². The fourth-order valence-electron chi connectivity index (χ4n) is 2.26. The molecule has 0 radical (unpaired) electrons. The summed E-state index contributed by atoms with van der Waals surface area (Å²) in [7, 11) is 0. The number of halogens is 1. The Labute approximate surface area is 102 Å². The Kier molecular flexibility index (Phi) is 3.55. The average Bonchev–Trinajstić information content (AvgIpc) is 2.29. The van der Waals surface area contributed by atoms with E-state index in [-0.39, 0.29) is 5.82 Å². The first kappa shape index (κ1) is 12.2. The van der Waals surface area contributed by atoms with E-state index in [2.05, 4.69) is 19.2 Å². The number of hydrogen-bond acceptors (Lipinski definition) is 2. The molecule has 0 saturated carbocycles. The molecule has 1 heterocycles. The lowest BCUT2D eigenvalue weighted by Crippen LogP contribution is -2.27. The van der Waals surface area contributed by atoms with Gasteiger partial charge in [0.2, 0.25) is 0 Å². The maximum atomic E-state index is 13.7. The van der Waals surface area contributed by atoms with Gasteiger partial charge in [-0.1, -0.05) is 13.8 Å². The topological polar surface area (TPSA) is 21.3 Å². The summed E-state index contributed by atoms with van der Waals surface area (Å²) in [5.41, 5.74) is 2.09. The third kappa shape index (κ3) is 2.54. The minimum atomic E-state index is -0.277. The molecule has 0 saturated heterocycles. The van der Waals surface area contributed by atoms with Crippen molar-refractivity contribution in [3.63, 3.8) is 0 Å². The van der Waals surface area contributed by atoms with Crippen LogP contribution in [-0.4, -0.2) is 13.2 Å². The molecule has 0 aromatic heterocycles. The summed E-state index contributed by atoms with van der Waals surface area (Å²) >= 11 is 0. The van der Waals surface area contributed by atoms with Gasteiger partial charge in [0.25, 0.3) is 0 Å². The summed E-state index contributed by atoms with van der Waals surface area (Å²) in [5, 5.41) is 3.31. The second-order valence-corrected chi connectivity index (χ2v) is 4.96. The van der Waals surface area contributed by atoms with E-state index < -0.39 is 0 Å². The van der Waals surface area contributed by atoms with Crippen molar-refractivity contribution >= 4 is 5.69 Å². The van der Waals surface area contributed by atoms with Gasteiger partial charge in [-0.05, 0) is 36.8 Å². The van der Waals surface area contributed by atoms with Crippen molar-refractivity contribution in [2.45, 2.75) is 27.2 Å². The number of rotatable bonds is 3. The van der Waals surface area contributed by atoms with Crippen LogP contribution >= 0.6 is 0 Å². The molecule has 1 aromatic carbocycles. The van der Waals surface area contributed by atoms with Crippen LogP contribution in [0.5, 0.6) is 5.75 Å². The maximum absolute atomic E-state index is 13.7. The molecule has 1 atom stereocenters. The van der Waals surface area contributed by atoms with Crippen LogP contribution in [0.1, 0.15) is 26.3 Å². The molecule has 0 amide bonds. The number of fused-ring (bicyclic) bond motifs is 1. The highest BCUT2D eigenvalue weighted by Crippen LogP contribution is 2.33. The molecule has 2 nitrogen and oxygen atoms in total. The zero-order chi connectivity index (χ0) is 12.4. The number of ether oxygens (including phenoxy) is 1. The van der Waals surface area contributed by atoms with E-state index in [1.807, 2.05) is 13.0 Å². The van der Waals surface area contributed by atoms with E-state index in [1.54, 1.807) is 6.07 Å². The fraction of sp³-hybridized carbons (Fsp3) is 0.571. The highest BCUT2D eigenvalue weighted by atomic mass is 19.1. The number of nitrogens with one attached hydrogen (secondary N) is 1. The molecule has 1 aliphatic heterocycles. The highest BCUT2D eigenvalue weighted by Gasteiger charge is 2.22. The Morgan fingerprint density at radius 1 is 1.47 bits per heavy atom. The Morgan fingerprint density at radius 3 is 2.88 bits per heavy atom. The Balaban J connectivity index is 2.27.